The highest BCUT2D eigenvalue weighted by atomic mass is 16.7. The van der Waals surface area contributed by atoms with Crippen molar-refractivity contribution in [3.05, 3.63) is 42.5 Å². The van der Waals surface area contributed by atoms with E-state index in [9.17, 15) is 0 Å². The molecule has 1 aromatic carbocycles. The van der Waals surface area contributed by atoms with Crippen molar-refractivity contribution in [2.75, 3.05) is 5.06 Å². The van der Waals surface area contributed by atoms with E-state index in [-0.39, 0.29) is 0 Å². The van der Waals surface area contributed by atoms with E-state index in [0.29, 0.717) is 12.1 Å². The first-order valence-electron chi connectivity index (χ1n) is 4.63. The van der Waals surface area contributed by atoms with Crippen molar-refractivity contribution in [2.24, 2.45) is 0 Å². The lowest BCUT2D eigenvalue weighted by atomic mass is 10.2. The molecule has 13 heavy (non-hydrogen) atoms. The van der Waals surface area contributed by atoms with E-state index in [0.717, 1.165) is 12.1 Å². The van der Waals surface area contributed by atoms with Gasteiger partial charge in [0.2, 0.25) is 0 Å². The average molecular weight is 173 g/mol. The standard InChI is InChI=1S/C11H11NO/c1-2-4-9(5-3-1)12-10-6-7-11(8-10)13-12/h1-7,10-11H,8H2. The molecule has 2 aliphatic rings. The Morgan fingerprint density at radius 1 is 1.15 bits per heavy atom. The number of anilines is 1. The maximum absolute atomic E-state index is 5.69. The van der Waals surface area contributed by atoms with E-state index >= 15 is 0 Å². The molecule has 1 aromatic rings. The molecule has 0 amide bonds. The van der Waals surface area contributed by atoms with Gasteiger partial charge >= 0.3 is 0 Å². The fraction of sp³-hybridized carbons (Fsp3) is 0.273. The fourth-order valence-corrected chi connectivity index (χ4v) is 1.95. The maximum atomic E-state index is 5.69. The molecule has 0 spiro atoms. The van der Waals surface area contributed by atoms with E-state index in [2.05, 4.69) is 24.3 Å². The SMILES string of the molecule is C1=CC2CC1ON2c1ccccc1. The van der Waals surface area contributed by atoms with Crippen LogP contribution in [0.5, 0.6) is 0 Å². The van der Waals surface area contributed by atoms with Gasteiger partial charge in [-0.25, -0.2) is 5.06 Å². The van der Waals surface area contributed by atoms with Crippen molar-refractivity contribution in [2.45, 2.75) is 18.6 Å². The lowest BCUT2D eigenvalue weighted by Gasteiger charge is -2.24. The lowest BCUT2D eigenvalue weighted by Crippen LogP contribution is -2.27. The molecule has 2 nitrogen and oxygen atoms in total. The first kappa shape index (κ1) is 7.15. The summed E-state index contributed by atoms with van der Waals surface area (Å²) >= 11 is 0. The van der Waals surface area contributed by atoms with Crippen LogP contribution in [0.1, 0.15) is 6.42 Å². The highest BCUT2D eigenvalue weighted by Gasteiger charge is 2.35. The molecule has 3 rings (SSSR count). The molecule has 1 aliphatic heterocycles. The third kappa shape index (κ3) is 1.06. The molecule has 0 aromatic heterocycles. The van der Waals surface area contributed by atoms with E-state index < -0.39 is 0 Å². The predicted molar refractivity (Wildman–Crippen MR) is 51.3 cm³/mol. The van der Waals surface area contributed by atoms with Crippen molar-refractivity contribution >= 4 is 5.69 Å². The van der Waals surface area contributed by atoms with Crippen LogP contribution in [0.4, 0.5) is 5.69 Å². The van der Waals surface area contributed by atoms with Crippen molar-refractivity contribution < 1.29 is 4.84 Å². The topological polar surface area (TPSA) is 12.5 Å². The van der Waals surface area contributed by atoms with Gasteiger partial charge in [-0.1, -0.05) is 30.4 Å². The summed E-state index contributed by atoms with van der Waals surface area (Å²) in [5, 5.41) is 2.00. The Morgan fingerprint density at radius 3 is 2.62 bits per heavy atom. The smallest absolute Gasteiger partial charge is 0.106 e. The molecule has 2 unspecified atom stereocenters. The number of nitrogens with zero attached hydrogens (tertiary/aromatic N) is 1. The number of rotatable bonds is 1. The van der Waals surface area contributed by atoms with Crippen LogP contribution in [0.15, 0.2) is 42.5 Å². The minimum atomic E-state index is 0.310. The molecule has 0 N–H and O–H groups in total. The second kappa shape index (κ2) is 2.60. The summed E-state index contributed by atoms with van der Waals surface area (Å²) in [6.07, 6.45) is 5.78. The van der Waals surface area contributed by atoms with Crippen LogP contribution in [-0.2, 0) is 4.84 Å². The minimum Gasteiger partial charge on any atom is -0.265 e. The molecule has 1 aliphatic carbocycles. The van der Waals surface area contributed by atoms with Crippen LogP contribution in [0.3, 0.4) is 0 Å². The molecule has 2 atom stereocenters. The lowest BCUT2D eigenvalue weighted by molar-refractivity contribution is 0.110. The van der Waals surface area contributed by atoms with Gasteiger partial charge in [0.05, 0.1) is 11.7 Å². The van der Waals surface area contributed by atoms with Crippen LogP contribution in [0.25, 0.3) is 0 Å². The Bertz CT molecular complexity index is 333. The molecule has 1 saturated heterocycles. The summed E-state index contributed by atoms with van der Waals surface area (Å²) in [6.45, 7) is 0. The zero-order valence-electron chi connectivity index (χ0n) is 7.26. The van der Waals surface area contributed by atoms with Crippen molar-refractivity contribution in [1.29, 1.82) is 0 Å². The van der Waals surface area contributed by atoms with Gasteiger partial charge in [-0.15, -0.1) is 0 Å². The van der Waals surface area contributed by atoms with Crippen LogP contribution < -0.4 is 5.06 Å². The highest BCUT2D eigenvalue weighted by molar-refractivity contribution is 5.47. The van der Waals surface area contributed by atoms with Gasteiger partial charge in [-0.05, 0) is 12.1 Å². The summed E-state index contributed by atoms with van der Waals surface area (Å²) in [5.41, 5.74) is 1.15. The van der Waals surface area contributed by atoms with Crippen molar-refractivity contribution in [1.82, 2.24) is 0 Å². The van der Waals surface area contributed by atoms with Gasteiger partial charge in [0.1, 0.15) is 6.10 Å². The van der Waals surface area contributed by atoms with Crippen molar-refractivity contribution in [3.63, 3.8) is 0 Å². The first-order valence-corrected chi connectivity index (χ1v) is 4.63. The van der Waals surface area contributed by atoms with Gasteiger partial charge in [-0.3, -0.25) is 4.84 Å². The fourth-order valence-electron chi connectivity index (χ4n) is 1.95. The molecular formula is C11H11NO. The molecule has 0 radical (unpaired) electrons. The van der Waals surface area contributed by atoms with Crippen LogP contribution in [0, 0.1) is 0 Å². The number of fused-ring (bicyclic) bond motifs is 2. The molecule has 0 saturated carbocycles. The number of hydrogen-bond acceptors (Lipinski definition) is 2. The molecule has 66 valence electrons. The zero-order chi connectivity index (χ0) is 8.67. The molecule has 1 fully saturated rings. The molecular weight excluding hydrogens is 162 g/mol. The Kier molecular flexibility index (Phi) is 1.43. The van der Waals surface area contributed by atoms with Gasteiger partial charge in [0.15, 0.2) is 0 Å². The average Bonchev–Trinajstić information content (AvgIpc) is 2.80. The first-order chi connectivity index (χ1) is 6.43. The predicted octanol–water partition coefficient (Wildman–Crippen LogP) is 2.14. The summed E-state index contributed by atoms with van der Waals surface area (Å²) < 4.78 is 0. The Hall–Kier alpha value is -1.28. The molecule has 2 bridgehead atoms. The maximum Gasteiger partial charge on any atom is 0.106 e. The number of benzene rings is 1. The van der Waals surface area contributed by atoms with Crippen LogP contribution >= 0.6 is 0 Å². The Labute approximate surface area is 77.4 Å². The highest BCUT2D eigenvalue weighted by Crippen LogP contribution is 2.33. The van der Waals surface area contributed by atoms with E-state index in [1.807, 2.05) is 23.3 Å². The van der Waals surface area contributed by atoms with Crippen LogP contribution in [0.2, 0.25) is 0 Å². The van der Waals surface area contributed by atoms with Crippen LogP contribution in [-0.4, -0.2) is 12.1 Å². The largest absolute Gasteiger partial charge is 0.265 e. The summed E-state index contributed by atoms with van der Waals surface area (Å²) in [5.74, 6) is 0. The van der Waals surface area contributed by atoms with Crippen molar-refractivity contribution in [3.8, 4) is 0 Å². The Balaban J connectivity index is 1.92. The summed E-state index contributed by atoms with van der Waals surface area (Å²) in [4.78, 5) is 5.69. The third-order valence-corrected chi connectivity index (χ3v) is 2.58. The second-order valence-corrected chi connectivity index (χ2v) is 3.49. The monoisotopic (exact) mass is 173 g/mol. The summed E-state index contributed by atoms with van der Waals surface area (Å²) in [6, 6.07) is 10.7. The number of hydroxylamine groups is 1. The normalized spacial score (nSPS) is 30.0. The van der Waals surface area contributed by atoms with Gasteiger partial charge in [0, 0.05) is 6.42 Å². The van der Waals surface area contributed by atoms with E-state index in [1.54, 1.807) is 0 Å². The van der Waals surface area contributed by atoms with E-state index in [1.165, 1.54) is 0 Å². The second-order valence-electron chi connectivity index (χ2n) is 3.49. The number of hydrogen-bond donors (Lipinski definition) is 0. The molecule has 1 heterocycles. The summed E-state index contributed by atoms with van der Waals surface area (Å²) in [7, 11) is 0. The van der Waals surface area contributed by atoms with Gasteiger partial charge in [-0.2, -0.15) is 0 Å². The zero-order valence-corrected chi connectivity index (χ0v) is 7.26. The third-order valence-electron chi connectivity index (χ3n) is 2.58. The van der Waals surface area contributed by atoms with Gasteiger partial charge in [0.25, 0.3) is 0 Å². The quantitative estimate of drug-likeness (QED) is 0.603. The van der Waals surface area contributed by atoms with Gasteiger partial charge < -0.3 is 0 Å². The number of para-hydroxylation sites is 1. The Morgan fingerprint density at radius 2 is 2.00 bits per heavy atom. The van der Waals surface area contributed by atoms with E-state index in [4.69, 9.17) is 4.84 Å². The minimum absolute atomic E-state index is 0.310. The molecule has 2 heteroatoms.